The maximum absolute atomic E-state index is 12.5. The highest BCUT2D eigenvalue weighted by Crippen LogP contribution is 2.16. The zero-order valence-electron chi connectivity index (χ0n) is 28.1. The van der Waals surface area contributed by atoms with Crippen LogP contribution in [0.15, 0.2) is 24.3 Å². The van der Waals surface area contributed by atoms with Crippen LogP contribution in [0, 0.1) is 0 Å². The van der Waals surface area contributed by atoms with Crippen molar-refractivity contribution in [2.75, 3.05) is 0 Å². The Labute approximate surface area is 261 Å². The average molecular weight is 591 g/mol. The Morgan fingerprint density at radius 2 is 0.929 bits per heavy atom. The topological polar surface area (TPSA) is 63.6 Å². The van der Waals surface area contributed by atoms with Crippen LogP contribution in [0.25, 0.3) is 0 Å². The SMILES string of the molecule is CCCCCCCCCC/C=C\CCCCCCCC(=O)O[C@@H](C/C=C\CCCCCCCC(=O)O)CCCCCC. The first-order valence-electron chi connectivity index (χ1n) is 18.3. The summed E-state index contributed by atoms with van der Waals surface area (Å²) in [6.45, 7) is 4.50. The van der Waals surface area contributed by atoms with Crippen LogP contribution in [-0.4, -0.2) is 23.1 Å². The largest absolute Gasteiger partial charge is 0.481 e. The predicted octanol–water partition coefficient (Wildman–Crippen LogP) is 12.4. The minimum absolute atomic E-state index is 0.0132. The highest BCUT2D eigenvalue weighted by Gasteiger charge is 2.13. The molecule has 0 saturated carbocycles. The maximum atomic E-state index is 12.5. The quantitative estimate of drug-likeness (QED) is 0.0469. The van der Waals surface area contributed by atoms with Crippen molar-refractivity contribution < 1.29 is 19.4 Å². The van der Waals surface area contributed by atoms with Crippen molar-refractivity contribution >= 4 is 11.9 Å². The summed E-state index contributed by atoms with van der Waals surface area (Å²) in [5.41, 5.74) is 0. The van der Waals surface area contributed by atoms with Crippen LogP contribution in [0.5, 0.6) is 0 Å². The Bertz CT molecular complexity index is 639. The molecule has 0 spiro atoms. The monoisotopic (exact) mass is 591 g/mol. The van der Waals surface area contributed by atoms with E-state index in [1.807, 2.05) is 0 Å². The number of rotatable bonds is 33. The lowest BCUT2D eigenvalue weighted by molar-refractivity contribution is -0.149. The van der Waals surface area contributed by atoms with E-state index in [0.29, 0.717) is 6.42 Å². The highest BCUT2D eigenvalue weighted by molar-refractivity contribution is 5.69. The Kier molecular flexibility index (Phi) is 32.6. The van der Waals surface area contributed by atoms with Gasteiger partial charge in [-0.05, 0) is 64.2 Å². The van der Waals surface area contributed by atoms with E-state index in [4.69, 9.17) is 9.84 Å². The van der Waals surface area contributed by atoms with E-state index in [-0.39, 0.29) is 18.5 Å². The van der Waals surface area contributed by atoms with Gasteiger partial charge in [0.25, 0.3) is 0 Å². The van der Waals surface area contributed by atoms with Gasteiger partial charge in [0.2, 0.25) is 0 Å². The van der Waals surface area contributed by atoms with Gasteiger partial charge in [-0.3, -0.25) is 9.59 Å². The number of hydrogen-bond acceptors (Lipinski definition) is 3. The third-order valence-electron chi connectivity index (χ3n) is 8.15. The van der Waals surface area contributed by atoms with Crippen LogP contribution in [0.2, 0.25) is 0 Å². The van der Waals surface area contributed by atoms with Gasteiger partial charge in [0.1, 0.15) is 6.10 Å². The molecule has 4 heteroatoms. The first kappa shape index (κ1) is 40.4. The van der Waals surface area contributed by atoms with E-state index in [0.717, 1.165) is 70.6 Å². The van der Waals surface area contributed by atoms with Crippen LogP contribution < -0.4 is 0 Å². The third kappa shape index (κ3) is 32.9. The number of carbonyl (C=O) groups is 2. The highest BCUT2D eigenvalue weighted by atomic mass is 16.5. The van der Waals surface area contributed by atoms with Crippen LogP contribution in [-0.2, 0) is 14.3 Å². The van der Waals surface area contributed by atoms with Crippen molar-refractivity contribution in [2.45, 2.75) is 206 Å². The molecular weight excluding hydrogens is 520 g/mol. The molecule has 0 amide bonds. The summed E-state index contributed by atoms with van der Waals surface area (Å²) >= 11 is 0. The van der Waals surface area contributed by atoms with E-state index in [2.05, 4.69) is 38.2 Å². The molecule has 4 nitrogen and oxygen atoms in total. The van der Waals surface area contributed by atoms with E-state index < -0.39 is 5.97 Å². The van der Waals surface area contributed by atoms with E-state index >= 15 is 0 Å². The normalized spacial score (nSPS) is 12.4. The van der Waals surface area contributed by atoms with Crippen LogP contribution in [0.1, 0.15) is 200 Å². The van der Waals surface area contributed by atoms with Gasteiger partial charge in [-0.2, -0.15) is 0 Å². The van der Waals surface area contributed by atoms with Gasteiger partial charge in [-0.15, -0.1) is 0 Å². The molecule has 0 aromatic carbocycles. The number of esters is 1. The number of ether oxygens (including phenoxy) is 1. The lowest BCUT2D eigenvalue weighted by Crippen LogP contribution is -2.17. The fourth-order valence-electron chi connectivity index (χ4n) is 5.40. The smallest absolute Gasteiger partial charge is 0.306 e. The molecule has 0 aliphatic rings. The Balaban J connectivity index is 3.86. The van der Waals surface area contributed by atoms with Crippen molar-refractivity contribution in [1.82, 2.24) is 0 Å². The lowest BCUT2D eigenvalue weighted by atomic mass is 10.1. The molecule has 0 aliphatic heterocycles. The number of allylic oxidation sites excluding steroid dienone is 3. The summed E-state index contributed by atoms with van der Waals surface area (Å²) < 4.78 is 5.90. The fraction of sp³-hybridized carbons (Fsp3) is 0.842. The van der Waals surface area contributed by atoms with E-state index in [9.17, 15) is 9.59 Å². The van der Waals surface area contributed by atoms with Crippen LogP contribution in [0.4, 0.5) is 0 Å². The van der Waals surface area contributed by atoms with Crippen LogP contribution in [0.3, 0.4) is 0 Å². The second-order valence-electron chi connectivity index (χ2n) is 12.4. The standard InChI is InChI=1S/C38H70O4/c1-3-5-7-9-10-11-12-13-14-15-16-17-18-19-24-27-31-35-38(41)42-36(32-28-8-6-4-2)33-29-25-22-20-21-23-26-30-34-37(39)40/h15-16,25,29,36H,3-14,17-24,26-28,30-35H2,1-2H3,(H,39,40)/b16-15-,29-25-/t36-/m1/s1. The first-order chi connectivity index (χ1) is 20.6. The van der Waals surface area contributed by atoms with Gasteiger partial charge in [0.15, 0.2) is 0 Å². The number of carboxylic acids is 1. The molecule has 246 valence electrons. The van der Waals surface area contributed by atoms with Crippen molar-refractivity contribution in [3.63, 3.8) is 0 Å². The molecule has 42 heavy (non-hydrogen) atoms. The first-order valence-corrected chi connectivity index (χ1v) is 18.3. The number of carbonyl (C=O) groups excluding carboxylic acids is 1. The minimum atomic E-state index is -0.694. The molecule has 0 fully saturated rings. The molecule has 0 aromatic heterocycles. The molecule has 0 aliphatic carbocycles. The van der Waals surface area contributed by atoms with Gasteiger partial charge in [-0.1, -0.05) is 141 Å². The Morgan fingerprint density at radius 3 is 1.43 bits per heavy atom. The molecule has 0 heterocycles. The van der Waals surface area contributed by atoms with Crippen molar-refractivity contribution in [3.8, 4) is 0 Å². The van der Waals surface area contributed by atoms with Crippen LogP contribution >= 0.6 is 0 Å². The maximum Gasteiger partial charge on any atom is 0.306 e. The summed E-state index contributed by atoms with van der Waals surface area (Å²) in [5, 5.41) is 8.69. The molecule has 1 atom stereocenters. The Hall–Kier alpha value is -1.58. The molecule has 0 bridgehead atoms. The number of aliphatic carboxylic acids is 1. The van der Waals surface area contributed by atoms with Gasteiger partial charge in [0, 0.05) is 19.3 Å². The van der Waals surface area contributed by atoms with Crippen molar-refractivity contribution in [1.29, 1.82) is 0 Å². The molecule has 1 N–H and O–H groups in total. The minimum Gasteiger partial charge on any atom is -0.481 e. The van der Waals surface area contributed by atoms with Crippen molar-refractivity contribution in [3.05, 3.63) is 24.3 Å². The second-order valence-corrected chi connectivity index (χ2v) is 12.4. The summed E-state index contributed by atoms with van der Waals surface area (Å²) in [6.07, 6.45) is 42.2. The van der Waals surface area contributed by atoms with Crippen molar-refractivity contribution in [2.24, 2.45) is 0 Å². The zero-order chi connectivity index (χ0) is 30.8. The molecule has 0 rings (SSSR count). The molecular formula is C38H70O4. The summed E-state index contributed by atoms with van der Waals surface area (Å²) in [6, 6.07) is 0. The van der Waals surface area contributed by atoms with Gasteiger partial charge in [-0.25, -0.2) is 0 Å². The number of carboxylic acid groups (broad SMARTS) is 1. The van der Waals surface area contributed by atoms with E-state index in [1.165, 1.54) is 103 Å². The molecule has 0 saturated heterocycles. The lowest BCUT2D eigenvalue weighted by Gasteiger charge is -2.16. The summed E-state index contributed by atoms with van der Waals surface area (Å²) in [4.78, 5) is 23.1. The van der Waals surface area contributed by atoms with Gasteiger partial charge >= 0.3 is 11.9 Å². The molecule has 0 unspecified atom stereocenters. The average Bonchev–Trinajstić information content (AvgIpc) is 2.97. The third-order valence-corrected chi connectivity index (χ3v) is 8.15. The number of hydrogen-bond donors (Lipinski definition) is 1. The number of unbranched alkanes of at least 4 members (excludes halogenated alkanes) is 21. The Morgan fingerprint density at radius 1 is 0.524 bits per heavy atom. The fourth-order valence-corrected chi connectivity index (χ4v) is 5.40. The molecule has 0 aromatic rings. The predicted molar refractivity (Wildman–Crippen MR) is 181 cm³/mol. The summed E-state index contributed by atoms with van der Waals surface area (Å²) in [5.74, 6) is -0.713. The van der Waals surface area contributed by atoms with Gasteiger partial charge < -0.3 is 9.84 Å². The second kappa shape index (κ2) is 33.9. The van der Waals surface area contributed by atoms with E-state index in [1.54, 1.807) is 0 Å². The zero-order valence-corrected chi connectivity index (χ0v) is 28.1. The van der Waals surface area contributed by atoms with Gasteiger partial charge in [0.05, 0.1) is 0 Å². The molecule has 0 radical (unpaired) electrons. The summed E-state index contributed by atoms with van der Waals surface area (Å²) in [7, 11) is 0.